The van der Waals surface area contributed by atoms with E-state index in [-0.39, 0.29) is 6.54 Å². The van der Waals surface area contributed by atoms with Gasteiger partial charge in [-0.15, -0.1) is 0 Å². The summed E-state index contributed by atoms with van der Waals surface area (Å²) in [4.78, 5) is 4.41. The van der Waals surface area contributed by atoms with Gasteiger partial charge in [-0.2, -0.15) is 4.98 Å². The molecule has 0 spiro atoms. The second-order valence-electron chi connectivity index (χ2n) is 7.72. The Morgan fingerprint density at radius 2 is 1.83 bits per heavy atom. The maximum absolute atomic E-state index is 5.58. The number of aromatic nitrogens is 2. The molecule has 23 heavy (non-hydrogen) atoms. The first-order valence-electron chi connectivity index (χ1n) is 8.61. The molecule has 4 heteroatoms. The van der Waals surface area contributed by atoms with Crippen molar-refractivity contribution in [1.82, 2.24) is 10.1 Å². The summed E-state index contributed by atoms with van der Waals surface area (Å²) in [6.45, 7) is 7.37. The Morgan fingerprint density at radius 1 is 1.13 bits per heavy atom. The molecule has 3 rings (SSSR count). The first kappa shape index (κ1) is 16.2. The standard InChI is InChI=1S/C19H27N3O/c1-19(2,3)14-10-8-13(9-11-14)15-6-4-5-7-16(15)18-21-17(12-20)23-22-18/h4-7,13-14H,8-12,20H2,1-3H3. The van der Waals surface area contributed by atoms with Gasteiger partial charge < -0.3 is 10.3 Å². The zero-order valence-corrected chi connectivity index (χ0v) is 14.4. The molecule has 1 aliphatic rings. The topological polar surface area (TPSA) is 64.9 Å². The fourth-order valence-corrected chi connectivity index (χ4v) is 3.77. The van der Waals surface area contributed by atoms with Gasteiger partial charge in [0.15, 0.2) is 0 Å². The second-order valence-corrected chi connectivity index (χ2v) is 7.72. The number of hydrogen-bond acceptors (Lipinski definition) is 4. The van der Waals surface area contributed by atoms with E-state index in [0.717, 1.165) is 11.5 Å². The van der Waals surface area contributed by atoms with E-state index >= 15 is 0 Å². The van der Waals surface area contributed by atoms with Crippen LogP contribution in [0.25, 0.3) is 11.4 Å². The molecule has 1 saturated carbocycles. The molecular weight excluding hydrogens is 286 g/mol. The lowest BCUT2D eigenvalue weighted by atomic mass is 9.68. The van der Waals surface area contributed by atoms with Crippen LogP contribution in [0.4, 0.5) is 0 Å². The minimum absolute atomic E-state index is 0.284. The molecule has 2 N–H and O–H groups in total. The largest absolute Gasteiger partial charge is 0.338 e. The molecule has 1 aliphatic carbocycles. The Morgan fingerprint density at radius 3 is 2.43 bits per heavy atom. The van der Waals surface area contributed by atoms with E-state index in [4.69, 9.17) is 10.3 Å². The minimum atomic E-state index is 0.284. The van der Waals surface area contributed by atoms with Gasteiger partial charge in [-0.05, 0) is 48.5 Å². The molecule has 1 heterocycles. The highest BCUT2D eigenvalue weighted by molar-refractivity contribution is 5.60. The van der Waals surface area contributed by atoms with E-state index in [1.807, 2.05) is 6.07 Å². The molecule has 1 aromatic heterocycles. The van der Waals surface area contributed by atoms with Crippen LogP contribution in [0, 0.1) is 11.3 Å². The van der Waals surface area contributed by atoms with Crippen LogP contribution in [-0.2, 0) is 6.54 Å². The van der Waals surface area contributed by atoms with E-state index in [1.165, 1.54) is 31.2 Å². The maximum Gasteiger partial charge on any atom is 0.240 e. The minimum Gasteiger partial charge on any atom is -0.338 e. The van der Waals surface area contributed by atoms with Gasteiger partial charge in [-0.3, -0.25) is 0 Å². The summed E-state index contributed by atoms with van der Waals surface area (Å²) < 4.78 is 5.19. The summed E-state index contributed by atoms with van der Waals surface area (Å²) in [6.07, 6.45) is 5.06. The molecule has 1 fully saturated rings. The van der Waals surface area contributed by atoms with Crippen LogP contribution in [0.3, 0.4) is 0 Å². The smallest absolute Gasteiger partial charge is 0.240 e. The van der Waals surface area contributed by atoms with E-state index < -0.39 is 0 Å². The van der Waals surface area contributed by atoms with Crippen LogP contribution in [0.15, 0.2) is 28.8 Å². The lowest BCUT2D eigenvalue weighted by Gasteiger charge is -2.37. The van der Waals surface area contributed by atoms with Gasteiger partial charge in [0.2, 0.25) is 11.7 Å². The summed E-state index contributed by atoms with van der Waals surface area (Å²) in [6, 6.07) is 8.46. The Hall–Kier alpha value is -1.68. The van der Waals surface area contributed by atoms with Crippen LogP contribution >= 0.6 is 0 Å². The fourth-order valence-electron chi connectivity index (χ4n) is 3.77. The van der Waals surface area contributed by atoms with Crippen molar-refractivity contribution >= 4 is 0 Å². The van der Waals surface area contributed by atoms with Crippen molar-refractivity contribution < 1.29 is 4.52 Å². The average molecular weight is 313 g/mol. The summed E-state index contributed by atoms with van der Waals surface area (Å²) in [5, 5.41) is 4.10. The molecule has 4 nitrogen and oxygen atoms in total. The highest BCUT2D eigenvalue weighted by atomic mass is 16.5. The van der Waals surface area contributed by atoms with Gasteiger partial charge in [-0.25, -0.2) is 0 Å². The summed E-state index contributed by atoms with van der Waals surface area (Å²) in [5.74, 6) is 2.56. The van der Waals surface area contributed by atoms with E-state index in [0.29, 0.717) is 23.0 Å². The third-order valence-corrected chi connectivity index (χ3v) is 5.24. The van der Waals surface area contributed by atoms with Gasteiger partial charge in [0, 0.05) is 5.56 Å². The predicted octanol–water partition coefficient (Wildman–Crippen LogP) is 4.52. The molecule has 0 radical (unpaired) electrons. The van der Waals surface area contributed by atoms with E-state index in [1.54, 1.807) is 0 Å². The summed E-state index contributed by atoms with van der Waals surface area (Å²) >= 11 is 0. The number of nitrogens with zero attached hydrogens (tertiary/aromatic N) is 2. The maximum atomic E-state index is 5.58. The number of benzene rings is 1. The van der Waals surface area contributed by atoms with Crippen LogP contribution in [-0.4, -0.2) is 10.1 Å². The van der Waals surface area contributed by atoms with E-state index in [9.17, 15) is 0 Å². The Bertz CT molecular complexity index is 649. The van der Waals surface area contributed by atoms with Crippen LogP contribution in [0.1, 0.15) is 63.8 Å². The third-order valence-electron chi connectivity index (χ3n) is 5.24. The second kappa shape index (κ2) is 6.44. The molecule has 0 unspecified atom stereocenters. The van der Waals surface area contributed by atoms with Crippen molar-refractivity contribution in [3.8, 4) is 11.4 Å². The zero-order valence-electron chi connectivity index (χ0n) is 14.4. The molecule has 0 aliphatic heterocycles. The fraction of sp³-hybridized carbons (Fsp3) is 0.579. The number of hydrogen-bond donors (Lipinski definition) is 1. The van der Waals surface area contributed by atoms with Crippen LogP contribution in [0.2, 0.25) is 0 Å². The van der Waals surface area contributed by atoms with Crippen molar-refractivity contribution in [2.24, 2.45) is 17.1 Å². The van der Waals surface area contributed by atoms with E-state index in [2.05, 4.69) is 49.1 Å². The van der Waals surface area contributed by atoms with Gasteiger partial charge >= 0.3 is 0 Å². The lowest BCUT2D eigenvalue weighted by Crippen LogP contribution is -2.25. The van der Waals surface area contributed by atoms with Crippen LogP contribution in [0.5, 0.6) is 0 Å². The predicted molar refractivity (Wildman–Crippen MR) is 91.8 cm³/mol. The van der Waals surface area contributed by atoms with Gasteiger partial charge in [-0.1, -0.05) is 50.2 Å². The quantitative estimate of drug-likeness (QED) is 0.905. The Balaban J connectivity index is 1.82. The highest BCUT2D eigenvalue weighted by Crippen LogP contribution is 2.44. The molecule has 124 valence electrons. The van der Waals surface area contributed by atoms with Gasteiger partial charge in [0.1, 0.15) is 0 Å². The van der Waals surface area contributed by atoms with Crippen molar-refractivity contribution in [1.29, 1.82) is 0 Å². The lowest BCUT2D eigenvalue weighted by molar-refractivity contribution is 0.169. The molecular formula is C19H27N3O. The third kappa shape index (κ3) is 3.47. The molecule has 0 amide bonds. The number of rotatable bonds is 3. The summed E-state index contributed by atoms with van der Waals surface area (Å²) in [5.41, 5.74) is 8.44. The molecule has 2 aromatic rings. The first-order chi connectivity index (χ1) is 11.0. The van der Waals surface area contributed by atoms with Gasteiger partial charge in [0.05, 0.1) is 6.54 Å². The average Bonchev–Trinajstić information content (AvgIpc) is 3.03. The van der Waals surface area contributed by atoms with Crippen molar-refractivity contribution in [2.75, 3.05) is 0 Å². The normalized spacial score (nSPS) is 22.3. The van der Waals surface area contributed by atoms with Gasteiger partial charge in [0.25, 0.3) is 0 Å². The Kier molecular flexibility index (Phi) is 4.53. The summed E-state index contributed by atoms with van der Waals surface area (Å²) in [7, 11) is 0. The molecule has 0 bridgehead atoms. The monoisotopic (exact) mass is 313 g/mol. The van der Waals surface area contributed by atoms with Crippen molar-refractivity contribution in [3.63, 3.8) is 0 Å². The Labute approximate surface area is 138 Å². The molecule has 0 saturated heterocycles. The van der Waals surface area contributed by atoms with Crippen molar-refractivity contribution in [2.45, 2.75) is 58.9 Å². The van der Waals surface area contributed by atoms with Crippen molar-refractivity contribution in [3.05, 3.63) is 35.7 Å². The number of nitrogens with two attached hydrogens (primary N) is 1. The molecule has 1 aromatic carbocycles. The highest BCUT2D eigenvalue weighted by Gasteiger charge is 2.31. The van der Waals surface area contributed by atoms with Crippen LogP contribution < -0.4 is 5.73 Å². The molecule has 0 atom stereocenters. The SMILES string of the molecule is CC(C)(C)C1CCC(c2ccccc2-c2noc(CN)n2)CC1. The zero-order chi connectivity index (χ0) is 16.4. The first-order valence-corrected chi connectivity index (χ1v) is 8.61.